The minimum absolute atomic E-state index is 0.373. The van der Waals surface area contributed by atoms with Gasteiger partial charge in [-0.15, -0.1) is 0 Å². The van der Waals surface area contributed by atoms with Crippen LogP contribution in [-0.4, -0.2) is 6.61 Å². The van der Waals surface area contributed by atoms with Gasteiger partial charge in [-0.05, 0) is 147 Å². The zero-order chi connectivity index (χ0) is 43.1. The van der Waals surface area contributed by atoms with Crippen molar-refractivity contribution in [3.05, 3.63) is 213 Å². The molecule has 2 heteroatoms. The summed E-state index contributed by atoms with van der Waals surface area (Å²) < 4.78 is 6.28. The molecule has 0 aromatic heterocycles. The highest BCUT2D eigenvalue weighted by Crippen LogP contribution is 2.57. The van der Waals surface area contributed by atoms with E-state index in [9.17, 15) is 0 Å². The van der Waals surface area contributed by atoms with Crippen molar-refractivity contribution < 1.29 is 4.74 Å². The number of hydrogen-bond donors (Lipinski definition) is 0. The molecule has 0 aliphatic heterocycles. The van der Waals surface area contributed by atoms with Crippen molar-refractivity contribution >= 4 is 17.1 Å². The maximum atomic E-state index is 6.28. The van der Waals surface area contributed by atoms with Gasteiger partial charge in [0.05, 0.1) is 12.0 Å². The van der Waals surface area contributed by atoms with E-state index in [1.807, 2.05) is 6.07 Å². The lowest BCUT2D eigenvalue weighted by Gasteiger charge is -2.35. The number of nitrogens with zero attached hydrogens (tertiary/aromatic N) is 1. The lowest BCUT2D eigenvalue weighted by Crippen LogP contribution is -2.30. The summed E-state index contributed by atoms with van der Waals surface area (Å²) in [6, 6.07) is 57.7. The fraction of sp³-hybridized carbons (Fsp3) is 0.288. The Labute approximate surface area is 367 Å². The molecule has 8 rings (SSSR count). The number of para-hydroxylation sites is 1. The molecule has 1 aliphatic carbocycles. The van der Waals surface area contributed by atoms with E-state index in [1.165, 1.54) is 103 Å². The topological polar surface area (TPSA) is 12.5 Å². The molecule has 7 aromatic rings. The predicted octanol–water partition coefficient (Wildman–Crippen LogP) is 16.3. The quantitative estimate of drug-likeness (QED) is 0.115. The predicted molar refractivity (Wildman–Crippen MR) is 261 cm³/mol. The molecule has 2 nitrogen and oxygen atoms in total. The van der Waals surface area contributed by atoms with E-state index < -0.39 is 0 Å². The summed E-state index contributed by atoms with van der Waals surface area (Å²) in [4.78, 5) is 2.28. The third-order valence-corrected chi connectivity index (χ3v) is 12.5. The highest BCUT2D eigenvalue weighted by Gasteiger charge is 2.47. The second-order valence-electron chi connectivity index (χ2n) is 18.1. The minimum Gasteiger partial charge on any atom is -0.494 e. The summed E-state index contributed by atoms with van der Waals surface area (Å²) in [5.74, 6) is 2.45. The molecule has 0 fully saturated rings. The van der Waals surface area contributed by atoms with E-state index in [2.05, 4.69) is 219 Å². The molecule has 0 bridgehead atoms. The summed E-state index contributed by atoms with van der Waals surface area (Å²) in [5, 5.41) is 0. The van der Waals surface area contributed by atoms with Crippen molar-refractivity contribution in [1.82, 2.24) is 0 Å². The van der Waals surface area contributed by atoms with Crippen LogP contribution in [0.15, 0.2) is 158 Å². The number of hydrogen-bond acceptors (Lipinski definition) is 2. The smallest absolute Gasteiger partial charge is 0.119 e. The summed E-state index contributed by atoms with van der Waals surface area (Å²) in [6.07, 6.45) is 5.03. The molecule has 61 heavy (non-hydrogen) atoms. The molecule has 0 N–H and O–H groups in total. The Morgan fingerprint density at radius 3 is 1.46 bits per heavy atom. The average Bonchev–Trinajstić information content (AvgIpc) is 3.52. The molecule has 0 spiro atoms. The van der Waals surface area contributed by atoms with Crippen LogP contribution < -0.4 is 9.64 Å². The molecule has 0 heterocycles. The standard InChI is InChI=1S/C39H46O.C20H19N/c1-26(2)9-8-10-27(3)21-22-40-33-17-15-32(16-18-33)39(36-23-28(4)11-14-31(36)7)37-24-29(5)12-19-34(37)35-20-13-30(6)25-38(35)39;1-16-8-12-19(13-9-16)21(18-6-4-3-5-7-18)20-14-10-17(2)11-15-20/h11-20,23-27H,8-10,21-22H2,1-7H3;3-15H,1-2H3. The molecule has 1 unspecified atom stereocenters. The molecule has 1 atom stereocenters. The SMILES string of the molecule is Cc1ccc(C)c(C2(c3ccc(OCCC(C)CCCC(C)C)cc3)c3cc(C)ccc3-c3ccc(C)cc32)c1.Cc1ccc(N(c2ccccc2)c2ccc(C)cc2)cc1. The van der Waals surface area contributed by atoms with Crippen molar-refractivity contribution in [2.45, 2.75) is 93.4 Å². The number of aryl methyl sites for hydroxylation is 6. The van der Waals surface area contributed by atoms with Gasteiger partial charge in [0.2, 0.25) is 0 Å². The Kier molecular flexibility index (Phi) is 13.6. The van der Waals surface area contributed by atoms with Crippen LogP contribution in [0, 0.1) is 53.4 Å². The third-order valence-electron chi connectivity index (χ3n) is 12.5. The first-order valence-electron chi connectivity index (χ1n) is 22.5. The summed E-state index contributed by atoms with van der Waals surface area (Å²) in [6.45, 7) is 20.9. The van der Waals surface area contributed by atoms with Gasteiger partial charge in [-0.3, -0.25) is 0 Å². The van der Waals surface area contributed by atoms with E-state index in [0.29, 0.717) is 5.92 Å². The number of fused-ring (bicyclic) bond motifs is 3. The van der Waals surface area contributed by atoms with Gasteiger partial charge >= 0.3 is 0 Å². The zero-order valence-corrected chi connectivity index (χ0v) is 38.1. The average molecular weight is 804 g/mol. The van der Waals surface area contributed by atoms with Gasteiger partial charge < -0.3 is 9.64 Å². The van der Waals surface area contributed by atoms with Crippen LogP contribution in [0.5, 0.6) is 5.75 Å². The normalized spacial score (nSPS) is 12.9. The molecule has 0 radical (unpaired) electrons. The maximum absolute atomic E-state index is 6.28. The van der Waals surface area contributed by atoms with Crippen molar-refractivity contribution in [3.8, 4) is 16.9 Å². The van der Waals surface area contributed by atoms with E-state index in [-0.39, 0.29) is 5.41 Å². The van der Waals surface area contributed by atoms with Crippen LogP contribution in [0.1, 0.15) is 102 Å². The Balaban J connectivity index is 0.000000224. The summed E-state index contributed by atoms with van der Waals surface area (Å²) in [7, 11) is 0. The summed E-state index contributed by atoms with van der Waals surface area (Å²) in [5.41, 5.74) is 19.0. The largest absolute Gasteiger partial charge is 0.494 e. The van der Waals surface area contributed by atoms with Crippen LogP contribution in [0.4, 0.5) is 17.1 Å². The molecule has 0 saturated heterocycles. The first kappa shape index (κ1) is 43.2. The van der Waals surface area contributed by atoms with Crippen molar-refractivity contribution in [1.29, 1.82) is 0 Å². The fourth-order valence-electron chi connectivity index (χ4n) is 9.06. The van der Waals surface area contributed by atoms with Gasteiger partial charge in [0.1, 0.15) is 5.75 Å². The second kappa shape index (κ2) is 19.2. The van der Waals surface area contributed by atoms with Gasteiger partial charge in [-0.2, -0.15) is 0 Å². The van der Waals surface area contributed by atoms with Crippen molar-refractivity contribution in [2.75, 3.05) is 11.5 Å². The van der Waals surface area contributed by atoms with E-state index >= 15 is 0 Å². The van der Waals surface area contributed by atoms with Crippen molar-refractivity contribution in [3.63, 3.8) is 0 Å². The van der Waals surface area contributed by atoms with E-state index in [0.717, 1.165) is 24.7 Å². The van der Waals surface area contributed by atoms with Crippen LogP contribution in [0.2, 0.25) is 0 Å². The Bertz CT molecular complexity index is 2420. The number of rotatable bonds is 13. The van der Waals surface area contributed by atoms with Gasteiger partial charge in [0.25, 0.3) is 0 Å². The number of ether oxygens (including phenoxy) is 1. The summed E-state index contributed by atoms with van der Waals surface area (Å²) >= 11 is 0. The Morgan fingerprint density at radius 1 is 0.459 bits per heavy atom. The number of benzene rings is 7. The van der Waals surface area contributed by atoms with Gasteiger partial charge in [0.15, 0.2) is 0 Å². The Morgan fingerprint density at radius 2 is 0.934 bits per heavy atom. The highest BCUT2D eigenvalue weighted by molar-refractivity contribution is 5.87. The van der Waals surface area contributed by atoms with E-state index in [1.54, 1.807) is 0 Å². The number of anilines is 3. The molecule has 312 valence electrons. The molecular weight excluding hydrogens is 739 g/mol. The first-order chi connectivity index (χ1) is 29.4. The van der Waals surface area contributed by atoms with Crippen LogP contribution in [-0.2, 0) is 5.41 Å². The lowest BCUT2D eigenvalue weighted by atomic mass is 9.66. The van der Waals surface area contributed by atoms with Crippen LogP contribution >= 0.6 is 0 Å². The van der Waals surface area contributed by atoms with Gasteiger partial charge in [-0.1, -0.05) is 177 Å². The first-order valence-corrected chi connectivity index (χ1v) is 22.5. The van der Waals surface area contributed by atoms with Crippen LogP contribution in [0.25, 0.3) is 11.1 Å². The molecule has 7 aromatic carbocycles. The Hall–Kier alpha value is -5.86. The molecule has 0 saturated carbocycles. The molecular formula is C59H65NO. The molecule has 1 aliphatic rings. The minimum atomic E-state index is -0.373. The fourth-order valence-corrected chi connectivity index (χ4v) is 9.06. The van der Waals surface area contributed by atoms with Crippen LogP contribution in [0.3, 0.4) is 0 Å². The van der Waals surface area contributed by atoms with Crippen molar-refractivity contribution in [2.24, 2.45) is 11.8 Å². The van der Waals surface area contributed by atoms with E-state index in [4.69, 9.17) is 4.74 Å². The van der Waals surface area contributed by atoms with Gasteiger partial charge in [0, 0.05) is 17.1 Å². The molecule has 0 amide bonds. The second-order valence-corrected chi connectivity index (χ2v) is 18.1. The highest BCUT2D eigenvalue weighted by atomic mass is 16.5. The lowest BCUT2D eigenvalue weighted by molar-refractivity contribution is 0.275. The monoisotopic (exact) mass is 804 g/mol. The maximum Gasteiger partial charge on any atom is 0.119 e. The van der Waals surface area contributed by atoms with Gasteiger partial charge in [-0.25, -0.2) is 0 Å². The third kappa shape index (κ3) is 9.71. The zero-order valence-electron chi connectivity index (χ0n) is 38.1.